The number of aromatic nitrogens is 3. The minimum atomic E-state index is -1.15. The summed E-state index contributed by atoms with van der Waals surface area (Å²) in [6.07, 6.45) is 5.55. The number of rotatable bonds is 6. The normalized spacial score (nSPS) is 17.2. The zero-order chi connectivity index (χ0) is 31.7. The van der Waals surface area contributed by atoms with Crippen LogP contribution in [0.5, 0.6) is 0 Å². The Morgan fingerprint density at radius 2 is 1.73 bits per heavy atom. The van der Waals surface area contributed by atoms with Crippen molar-refractivity contribution in [3.63, 3.8) is 0 Å². The first kappa shape index (κ1) is 30.2. The summed E-state index contributed by atoms with van der Waals surface area (Å²) in [7, 11) is 2.01. The summed E-state index contributed by atoms with van der Waals surface area (Å²) in [5, 5.41) is 18.0. The number of anilines is 1. The highest BCUT2D eigenvalue weighted by molar-refractivity contribution is 7.22. The molecule has 2 fully saturated rings. The number of carboxylic acid groups (broad SMARTS) is 1. The van der Waals surface area contributed by atoms with Crippen LogP contribution in [0.4, 0.5) is 5.82 Å². The molecule has 0 radical (unpaired) electrons. The van der Waals surface area contributed by atoms with Crippen LogP contribution in [-0.4, -0.2) is 44.5 Å². The second kappa shape index (κ2) is 11.1. The highest BCUT2D eigenvalue weighted by Gasteiger charge is 2.44. The summed E-state index contributed by atoms with van der Waals surface area (Å²) in [4.78, 5) is 20.3. The van der Waals surface area contributed by atoms with Crippen LogP contribution in [0.1, 0.15) is 70.1 Å². The second-order valence-electron chi connectivity index (χ2n) is 13.9. The number of carbonyl (C=O) groups is 1. The molecule has 0 amide bonds. The third-order valence-electron chi connectivity index (χ3n) is 9.36. The van der Waals surface area contributed by atoms with Gasteiger partial charge in [0, 0.05) is 52.7 Å². The fourth-order valence-electron chi connectivity index (χ4n) is 7.31. The van der Waals surface area contributed by atoms with Gasteiger partial charge in [-0.05, 0) is 88.1 Å². The molecule has 1 saturated heterocycles. The molecule has 7 nitrogen and oxygen atoms in total. The van der Waals surface area contributed by atoms with Crippen molar-refractivity contribution in [1.82, 2.24) is 14.8 Å². The molecule has 2 aromatic heterocycles. The summed E-state index contributed by atoms with van der Waals surface area (Å²) in [6.45, 7) is 9.73. The molecule has 1 atom stereocenters. The third-order valence-corrected chi connectivity index (χ3v) is 10.8. The number of halogens is 1. The Kier molecular flexibility index (Phi) is 7.46. The van der Waals surface area contributed by atoms with E-state index in [0.29, 0.717) is 16.0 Å². The molecule has 1 aliphatic heterocycles. The molecule has 7 rings (SSSR count). The van der Waals surface area contributed by atoms with Gasteiger partial charge in [-0.1, -0.05) is 43.0 Å². The number of nitrogens with zero attached hydrogens (tertiary/aromatic N) is 4. The minimum Gasteiger partial charge on any atom is -0.479 e. The molecule has 1 spiro atoms. The first-order valence-electron chi connectivity index (χ1n) is 15.7. The predicted octanol–water partition coefficient (Wildman–Crippen LogP) is 9.19. The Morgan fingerprint density at radius 3 is 2.40 bits per heavy atom. The molecule has 1 saturated carbocycles. The molecule has 9 heteroatoms. The molecule has 45 heavy (non-hydrogen) atoms. The van der Waals surface area contributed by atoms with Gasteiger partial charge in [-0.3, -0.25) is 4.68 Å². The van der Waals surface area contributed by atoms with Gasteiger partial charge >= 0.3 is 5.97 Å². The largest absolute Gasteiger partial charge is 0.479 e. The lowest BCUT2D eigenvalue weighted by Crippen LogP contribution is -2.57. The van der Waals surface area contributed by atoms with Crippen LogP contribution < -0.4 is 4.90 Å². The summed E-state index contributed by atoms with van der Waals surface area (Å²) in [6, 6.07) is 16.0. The standard InChI is InChI=1S/C36H39ClN4O3S/c1-21-17-26-31(29(22-9-12-24(37)13-10-22)28(21)30(34(42)43)44-35(2,3)4)45-33(38-26)23-11-14-27-25(18-23)32(39-40(27)5)41-19-36(20-41)15-7-6-8-16-36/h9-14,17-18,30H,6-8,15-16,19-20H2,1-5H3,(H,42,43). The van der Waals surface area contributed by atoms with Gasteiger partial charge < -0.3 is 14.7 Å². The first-order valence-corrected chi connectivity index (χ1v) is 16.9. The quantitative estimate of drug-likeness (QED) is 0.199. The molecule has 1 N–H and O–H groups in total. The minimum absolute atomic E-state index is 0.463. The maximum Gasteiger partial charge on any atom is 0.337 e. The topological polar surface area (TPSA) is 80.5 Å². The first-order chi connectivity index (χ1) is 21.4. The number of hydrogen-bond donors (Lipinski definition) is 1. The van der Waals surface area contributed by atoms with Crippen molar-refractivity contribution in [2.75, 3.05) is 18.0 Å². The number of benzene rings is 3. The molecule has 234 valence electrons. The SMILES string of the molecule is Cc1cc2nc(-c3ccc4c(c3)c(N3CC5(CCCCC5)C3)nn4C)sc2c(-c2ccc(Cl)cc2)c1C(OC(C)(C)C)C(=O)O. The molecule has 0 bridgehead atoms. The van der Waals surface area contributed by atoms with Gasteiger partial charge in [-0.2, -0.15) is 5.10 Å². The maximum absolute atomic E-state index is 12.7. The van der Waals surface area contributed by atoms with Crippen molar-refractivity contribution in [3.05, 3.63) is 64.7 Å². The Balaban J connectivity index is 1.35. The van der Waals surface area contributed by atoms with Gasteiger partial charge in [0.2, 0.25) is 0 Å². The number of ether oxygens (including phenoxy) is 1. The van der Waals surface area contributed by atoms with Gasteiger partial charge in [-0.15, -0.1) is 11.3 Å². The van der Waals surface area contributed by atoms with Crippen molar-refractivity contribution in [1.29, 1.82) is 0 Å². The monoisotopic (exact) mass is 642 g/mol. The zero-order valence-corrected chi connectivity index (χ0v) is 28.1. The van der Waals surface area contributed by atoms with Crippen LogP contribution in [0.25, 0.3) is 42.8 Å². The molecule has 1 unspecified atom stereocenters. The molecule has 2 aliphatic rings. The lowest BCUT2D eigenvalue weighted by Gasteiger charge is -2.52. The van der Waals surface area contributed by atoms with E-state index < -0.39 is 17.7 Å². The fourth-order valence-corrected chi connectivity index (χ4v) is 8.55. The number of carboxylic acids is 1. The number of thiazole rings is 1. The van der Waals surface area contributed by atoms with E-state index in [0.717, 1.165) is 67.3 Å². The third kappa shape index (κ3) is 5.51. The smallest absolute Gasteiger partial charge is 0.337 e. The van der Waals surface area contributed by atoms with Crippen molar-refractivity contribution >= 4 is 55.8 Å². The Morgan fingerprint density at radius 1 is 1.04 bits per heavy atom. The van der Waals surface area contributed by atoms with E-state index in [4.69, 9.17) is 26.4 Å². The molecule has 1 aliphatic carbocycles. The molecule has 5 aromatic rings. The van der Waals surface area contributed by atoms with Gasteiger partial charge in [0.1, 0.15) is 5.01 Å². The summed E-state index contributed by atoms with van der Waals surface area (Å²) < 4.78 is 9.08. The summed E-state index contributed by atoms with van der Waals surface area (Å²) in [5.74, 6) is 0.0261. The molecule has 3 aromatic carbocycles. The maximum atomic E-state index is 12.7. The van der Waals surface area contributed by atoms with Crippen molar-refractivity contribution in [2.45, 2.75) is 71.5 Å². The second-order valence-corrected chi connectivity index (χ2v) is 15.3. The van der Waals surface area contributed by atoms with Gasteiger partial charge in [0.05, 0.1) is 21.3 Å². The molecule has 3 heterocycles. The van der Waals surface area contributed by atoms with Crippen molar-refractivity contribution < 1.29 is 14.6 Å². The van der Waals surface area contributed by atoms with Crippen molar-refractivity contribution in [3.8, 4) is 21.7 Å². The van der Waals surface area contributed by atoms with E-state index >= 15 is 0 Å². The van der Waals surface area contributed by atoms with Gasteiger partial charge in [0.15, 0.2) is 11.9 Å². The van der Waals surface area contributed by atoms with Gasteiger partial charge in [-0.25, -0.2) is 9.78 Å². The van der Waals surface area contributed by atoms with E-state index in [-0.39, 0.29) is 0 Å². The highest BCUT2D eigenvalue weighted by atomic mass is 35.5. The van der Waals surface area contributed by atoms with E-state index in [9.17, 15) is 9.90 Å². The number of aliphatic carboxylic acids is 1. The fraction of sp³-hybridized carbons (Fsp3) is 0.417. The average Bonchev–Trinajstić information content (AvgIpc) is 3.55. The van der Waals surface area contributed by atoms with E-state index in [1.54, 1.807) is 11.3 Å². The highest BCUT2D eigenvalue weighted by Crippen LogP contribution is 2.48. The van der Waals surface area contributed by atoms with E-state index in [1.807, 2.05) is 69.8 Å². The van der Waals surface area contributed by atoms with Crippen LogP contribution >= 0.6 is 22.9 Å². The molecular weight excluding hydrogens is 604 g/mol. The summed E-state index contributed by atoms with van der Waals surface area (Å²) in [5.41, 5.74) is 5.91. The van der Waals surface area contributed by atoms with Gasteiger partial charge in [0.25, 0.3) is 0 Å². The van der Waals surface area contributed by atoms with E-state index in [2.05, 4.69) is 23.1 Å². The van der Waals surface area contributed by atoms with Crippen molar-refractivity contribution in [2.24, 2.45) is 12.5 Å². The number of hydrogen-bond acceptors (Lipinski definition) is 6. The van der Waals surface area contributed by atoms with E-state index in [1.165, 1.54) is 32.1 Å². The Labute approximate surface area is 272 Å². The van der Waals surface area contributed by atoms with Crippen LogP contribution in [0.2, 0.25) is 5.02 Å². The zero-order valence-electron chi connectivity index (χ0n) is 26.5. The number of fused-ring (bicyclic) bond motifs is 2. The van der Waals surface area contributed by atoms with Crippen LogP contribution in [0.15, 0.2) is 48.5 Å². The Bertz CT molecular complexity index is 1920. The predicted molar refractivity (Wildman–Crippen MR) is 183 cm³/mol. The Hall–Kier alpha value is -3.46. The summed E-state index contributed by atoms with van der Waals surface area (Å²) >= 11 is 7.85. The molecular formula is C36H39ClN4O3S. The lowest BCUT2D eigenvalue weighted by atomic mass is 9.68. The lowest BCUT2D eigenvalue weighted by molar-refractivity contribution is -0.160. The number of aryl methyl sites for hydroxylation is 2. The van der Waals surface area contributed by atoms with Crippen LogP contribution in [-0.2, 0) is 16.6 Å². The average molecular weight is 643 g/mol. The van der Waals surface area contributed by atoms with Crippen LogP contribution in [0.3, 0.4) is 0 Å². The van der Waals surface area contributed by atoms with Crippen LogP contribution in [0, 0.1) is 12.3 Å².